The first kappa shape index (κ1) is 15.1. The van der Waals surface area contributed by atoms with Gasteiger partial charge in [0.1, 0.15) is 9.90 Å². The third kappa shape index (κ3) is 3.18. The van der Waals surface area contributed by atoms with Crippen molar-refractivity contribution in [3.05, 3.63) is 0 Å². The van der Waals surface area contributed by atoms with Crippen molar-refractivity contribution < 1.29 is 8.42 Å². The molecule has 2 saturated carbocycles. The number of sulfone groups is 1. The van der Waals surface area contributed by atoms with Crippen molar-refractivity contribution in [2.24, 2.45) is 11.8 Å². The lowest BCUT2D eigenvalue weighted by atomic mass is 9.82. The molecule has 0 amide bonds. The van der Waals surface area contributed by atoms with Gasteiger partial charge in [-0.3, -0.25) is 0 Å². The predicted molar refractivity (Wildman–Crippen MR) is 86.3 cm³/mol. The Kier molecular flexibility index (Phi) is 4.14. The molecule has 7 heteroatoms. The van der Waals surface area contributed by atoms with Gasteiger partial charge < -0.3 is 11.1 Å². The summed E-state index contributed by atoms with van der Waals surface area (Å²) in [5.41, 5.74) is 5.80. The summed E-state index contributed by atoms with van der Waals surface area (Å²) in [6.07, 6.45) is 6.51. The average molecular weight is 329 g/mol. The van der Waals surface area contributed by atoms with Crippen LogP contribution < -0.4 is 11.1 Å². The summed E-state index contributed by atoms with van der Waals surface area (Å²) in [5.74, 6) is 1.55. The highest BCUT2D eigenvalue weighted by Gasteiger charge is 2.40. The van der Waals surface area contributed by atoms with Crippen molar-refractivity contribution in [3.8, 4) is 0 Å². The molecule has 5 nitrogen and oxygen atoms in total. The van der Waals surface area contributed by atoms with Crippen LogP contribution in [0.25, 0.3) is 0 Å². The summed E-state index contributed by atoms with van der Waals surface area (Å²) >= 11 is 1.17. The second kappa shape index (κ2) is 5.76. The zero-order valence-electron chi connectivity index (χ0n) is 12.3. The number of hydrogen-bond acceptors (Lipinski definition) is 6. The lowest BCUT2D eigenvalue weighted by Gasteiger charge is -2.26. The van der Waals surface area contributed by atoms with E-state index in [-0.39, 0.29) is 16.0 Å². The van der Waals surface area contributed by atoms with Gasteiger partial charge in [-0.05, 0) is 49.1 Å². The summed E-state index contributed by atoms with van der Waals surface area (Å²) in [5, 5.41) is 3.70. The van der Waals surface area contributed by atoms with Crippen molar-refractivity contribution in [1.29, 1.82) is 0 Å². The third-order valence-corrected chi connectivity index (χ3v) is 7.80. The first-order valence-corrected chi connectivity index (χ1v) is 10.0. The van der Waals surface area contributed by atoms with Crippen LogP contribution in [0.3, 0.4) is 0 Å². The Bertz CT molecular complexity index is 608. The van der Waals surface area contributed by atoms with Crippen molar-refractivity contribution >= 4 is 32.2 Å². The number of nitrogens with two attached hydrogens (primary N) is 1. The minimum absolute atomic E-state index is 0.159. The maximum Gasteiger partial charge on any atom is 0.187 e. The minimum Gasteiger partial charge on any atom is -0.382 e. The zero-order chi connectivity index (χ0) is 15.0. The Labute approximate surface area is 130 Å². The van der Waals surface area contributed by atoms with E-state index >= 15 is 0 Å². The second-order valence-corrected chi connectivity index (χ2v) is 9.43. The topological polar surface area (TPSA) is 85.1 Å². The van der Waals surface area contributed by atoms with Crippen LogP contribution in [-0.2, 0) is 9.84 Å². The lowest BCUT2D eigenvalue weighted by molar-refractivity contribution is 0.293. The summed E-state index contributed by atoms with van der Waals surface area (Å²) in [6, 6.07) is 0. The second-order valence-electron chi connectivity index (χ2n) is 6.49. The van der Waals surface area contributed by atoms with E-state index in [9.17, 15) is 8.42 Å². The zero-order valence-corrected chi connectivity index (χ0v) is 14.0. The van der Waals surface area contributed by atoms with Crippen LogP contribution in [0.2, 0.25) is 0 Å². The first-order valence-electron chi connectivity index (χ1n) is 7.71. The molecule has 21 heavy (non-hydrogen) atoms. The maximum absolute atomic E-state index is 12.4. The van der Waals surface area contributed by atoms with Crippen molar-refractivity contribution in [3.63, 3.8) is 0 Å². The van der Waals surface area contributed by atoms with E-state index in [0.29, 0.717) is 10.9 Å². The molecule has 1 heterocycles. The van der Waals surface area contributed by atoms with Gasteiger partial charge in [0.25, 0.3) is 0 Å². The third-order valence-electron chi connectivity index (χ3n) is 4.52. The Morgan fingerprint density at radius 2 is 2.10 bits per heavy atom. The fourth-order valence-electron chi connectivity index (χ4n) is 3.21. The number of hydrogen-bond donors (Lipinski definition) is 2. The minimum atomic E-state index is -3.29. The molecule has 0 radical (unpaired) electrons. The van der Waals surface area contributed by atoms with Crippen molar-refractivity contribution in [1.82, 2.24) is 4.37 Å². The van der Waals surface area contributed by atoms with Crippen LogP contribution in [-0.4, -0.2) is 24.6 Å². The van der Waals surface area contributed by atoms with Gasteiger partial charge in [0.15, 0.2) is 15.7 Å². The van der Waals surface area contributed by atoms with Gasteiger partial charge >= 0.3 is 0 Å². The average Bonchev–Trinajstić information content (AvgIpc) is 3.21. The smallest absolute Gasteiger partial charge is 0.187 e. The molecule has 0 spiro atoms. The van der Waals surface area contributed by atoms with Gasteiger partial charge in [-0.25, -0.2) is 8.42 Å². The summed E-state index contributed by atoms with van der Waals surface area (Å²) < 4.78 is 28.9. The molecule has 1 aromatic heterocycles. The van der Waals surface area contributed by atoms with E-state index in [1.807, 2.05) is 0 Å². The van der Waals surface area contributed by atoms with Crippen LogP contribution in [0, 0.1) is 11.8 Å². The standard InChI is InChI=1S/C14H23N3O2S2/c1-9-3-2-4-10(7-9)8-16-14-12(13(15)17-20-14)21(18,19)11-5-6-11/h9-11,16H,2-8H2,1H3,(H2,15,17). The number of nitrogens with one attached hydrogen (secondary N) is 1. The van der Waals surface area contributed by atoms with Crippen molar-refractivity contribution in [2.45, 2.75) is 55.6 Å². The van der Waals surface area contributed by atoms with E-state index in [2.05, 4.69) is 16.6 Å². The monoisotopic (exact) mass is 329 g/mol. The Morgan fingerprint density at radius 1 is 1.33 bits per heavy atom. The molecule has 0 bridgehead atoms. The highest BCUT2D eigenvalue weighted by Crippen LogP contribution is 2.41. The van der Waals surface area contributed by atoms with Crippen LogP contribution in [0.4, 0.5) is 10.8 Å². The summed E-state index contributed by atoms with van der Waals surface area (Å²) in [6.45, 7) is 3.11. The molecule has 0 saturated heterocycles. The predicted octanol–water partition coefficient (Wildman–Crippen LogP) is 2.90. The number of anilines is 2. The normalized spacial score (nSPS) is 26.7. The number of nitrogen functional groups attached to an aromatic ring is 1. The van der Waals surface area contributed by atoms with Gasteiger partial charge in [-0.2, -0.15) is 4.37 Å². The van der Waals surface area contributed by atoms with Crippen LogP contribution in [0.1, 0.15) is 45.4 Å². The van der Waals surface area contributed by atoms with Crippen LogP contribution in [0.15, 0.2) is 4.90 Å². The molecule has 2 fully saturated rings. The van der Waals surface area contributed by atoms with E-state index in [0.717, 1.165) is 25.3 Å². The largest absolute Gasteiger partial charge is 0.382 e. The van der Waals surface area contributed by atoms with Crippen molar-refractivity contribution in [2.75, 3.05) is 17.6 Å². The fraction of sp³-hybridized carbons (Fsp3) is 0.786. The fourth-order valence-corrected chi connectivity index (χ4v) is 6.10. The molecule has 118 valence electrons. The van der Waals surface area contributed by atoms with Gasteiger partial charge in [0, 0.05) is 6.54 Å². The summed E-state index contributed by atoms with van der Waals surface area (Å²) in [4.78, 5) is 0.249. The van der Waals surface area contributed by atoms with Crippen LogP contribution in [0.5, 0.6) is 0 Å². The molecule has 3 N–H and O–H groups in total. The number of nitrogens with zero attached hydrogens (tertiary/aromatic N) is 1. The molecule has 2 aliphatic carbocycles. The van der Waals surface area contributed by atoms with E-state index < -0.39 is 9.84 Å². The van der Waals surface area contributed by atoms with Gasteiger partial charge in [-0.15, -0.1) is 0 Å². The maximum atomic E-state index is 12.4. The van der Waals surface area contributed by atoms with E-state index in [1.165, 1.54) is 37.2 Å². The Balaban J connectivity index is 1.71. The van der Waals surface area contributed by atoms with Crippen LogP contribution >= 0.6 is 11.5 Å². The Hall–Kier alpha value is -0.820. The molecular weight excluding hydrogens is 306 g/mol. The molecular formula is C14H23N3O2S2. The number of rotatable bonds is 5. The van der Waals surface area contributed by atoms with Gasteiger partial charge in [0.2, 0.25) is 0 Å². The molecule has 1 aromatic rings. The van der Waals surface area contributed by atoms with Gasteiger partial charge in [0.05, 0.1) is 5.25 Å². The molecule has 2 atom stereocenters. The molecule has 2 unspecified atom stereocenters. The molecule has 0 aromatic carbocycles. The molecule has 3 rings (SSSR count). The summed E-state index contributed by atoms with van der Waals surface area (Å²) in [7, 11) is -3.29. The van der Waals surface area contributed by atoms with E-state index in [1.54, 1.807) is 0 Å². The highest BCUT2D eigenvalue weighted by atomic mass is 32.2. The number of aromatic nitrogens is 1. The SMILES string of the molecule is CC1CCCC(CNc2snc(N)c2S(=O)(=O)C2CC2)C1. The van der Waals surface area contributed by atoms with E-state index in [4.69, 9.17) is 5.73 Å². The quantitative estimate of drug-likeness (QED) is 0.867. The molecule has 2 aliphatic rings. The molecule has 0 aliphatic heterocycles. The first-order chi connectivity index (χ1) is 9.98. The lowest BCUT2D eigenvalue weighted by Crippen LogP contribution is -2.21. The Morgan fingerprint density at radius 3 is 2.76 bits per heavy atom. The van der Waals surface area contributed by atoms with Gasteiger partial charge in [-0.1, -0.05) is 19.8 Å². The highest BCUT2D eigenvalue weighted by molar-refractivity contribution is 7.92.